The number of rotatable bonds is 2. The van der Waals surface area contributed by atoms with Gasteiger partial charge in [0.25, 0.3) is 0 Å². The summed E-state index contributed by atoms with van der Waals surface area (Å²) in [5, 5.41) is 8.37. The monoisotopic (exact) mass is 212 g/mol. The molecule has 2 fully saturated rings. The minimum Gasteiger partial charge on any atom is -0.295 e. The van der Waals surface area contributed by atoms with Gasteiger partial charge in [0.15, 0.2) is 0 Å². The van der Waals surface area contributed by atoms with Gasteiger partial charge in [-0.3, -0.25) is 4.90 Å². The van der Waals surface area contributed by atoms with Gasteiger partial charge in [0.2, 0.25) is 0 Å². The fraction of sp³-hybridized carbons (Fsp3) is 0.909. The zero-order valence-electron chi connectivity index (χ0n) is 8.62. The Morgan fingerprint density at radius 3 is 2.50 bits per heavy atom. The van der Waals surface area contributed by atoms with E-state index in [9.17, 15) is 0 Å². The molecule has 3 atom stereocenters. The van der Waals surface area contributed by atoms with Crippen molar-refractivity contribution < 1.29 is 0 Å². The fourth-order valence-corrected chi connectivity index (χ4v) is 3.23. The highest BCUT2D eigenvalue weighted by Crippen LogP contribution is 2.38. The van der Waals surface area contributed by atoms with Gasteiger partial charge in [0.05, 0.1) is 6.07 Å². The molecule has 2 aliphatic heterocycles. The highest BCUT2D eigenvalue weighted by atomic mass is 35.5. The molecule has 0 aromatic heterocycles. The van der Waals surface area contributed by atoms with Gasteiger partial charge in [-0.1, -0.05) is 6.92 Å². The molecule has 3 unspecified atom stereocenters. The first-order valence-corrected chi connectivity index (χ1v) is 5.93. The van der Waals surface area contributed by atoms with Crippen LogP contribution in [0.5, 0.6) is 0 Å². The summed E-state index contributed by atoms with van der Waals surface area (Å²) >= 11 is 5.89. The maximum absolute atomic E-state index is 8.70. The number of hydrogen-bond acceptors (Lipinski definition) is 2. The Balaban J connectivity index is 1.98. The van der Waals surface area contributed by atoms with Crippen molar-refractivity contribution in [2.75, 3.05) is 6.54 Å². The molecule has 0 spiro atoms. The molecule has 2 heterocycles. The average Bonchev–Trinajstić information content (AvgIpc) is 2.41. The number of hydrogen-bond donors (Lipinski definition) is 0. The van der Waals surface area contributed by atoms with Crippen molar-refractivity contribution in [3.05, 3.63) is 0 Å². The Hall–Kier alpha value is -0.260. The summed E-state index contributed by atoms with van der Waals surface area (Å²) < 4.78 is 0. The zero-order valence-corrected chi connectivity index (χ0v) is 9.37. The van der Waals surface area contributed by atoms with Crippen molar-refractivity contribution in [2.45, 2.75) is 50.1 Å². The Morgan fingerprint density at radius 1 is 1.43 bits per heavy atom. The predicted molar refractivity (Wildman–Crippen MR) is 57.2 cm³/mol. The number of alkyl halides is 1. The standard InChI is InChI=1S/C11H17ClN2/c1-8-4-10-2-3-11(5-8)14(10)7-9(12)6-13/h8-11H,2-5,7H2,1H3. The number of fused-ring (bicyclic) bond motifs is 2. The highest BCUT2D eigenvalue weighted by molar-refractivity contribution is 6.22. The van der Waals surface area contributed by atoms with Gasteiger partial charge in [-0.15, -0.1) is 11.6 Å². The van der Waals surface area contributed by atoms with E-state index in [0.29, 0.717) is 12.1 Å². The minimum absolute atomic E-state index is 0.327. The van der Waals surface area contributed by atoms with Crippen molar-refractivity contribution >= 4 is 11.6 Å². The van der Waals surface area contributed by atoms with E-state index in [4.69, 9.17) is 16.9 Å². The number of nitrogens with zero attached hydrogens (tertiary/aromatic N) is 2. The molecule has 0 N–H and O–H groups in total. The van der Waals surface area contributed by atoms with E-state index in [1.165, 1.54) is 25.7 Å². The molecule has 0 saturated carbocycles. The maximum Gasteiger partial charge on any atom is 0.133 e. The van der Waals surface area contributed by atoms with Crippen molar-refractivity contribution in [3.8, 4) is 6.07 Å². The number of piperidine rings is 1. The molecule has 0 aliphatic carbocycles. The Labute approximate surface area is 90.8 Å². The molecule has 2 rings (SSSR count). The van der Waals surface area contributed by atoms with Crippen molar-refractivity contribution in [2.24, 2.45) is 5.92 Å². The summed E-state index contributed by atoms with van der Waals surface area (Å²) in [7, 11) is 0. The SMILES string of the molecule is CC1CC2CCC(C1)N2CC(Cl)C#N. The summed E-state index contributed by atoms with van der Waals surface area (Å²) in [6, 6.07) is 3.53. The molecule has 2 aliphatic rings. The van der Waals surface area contributed by atoms with Crippen LogP contribution in [0, 0.1) is 17.2 Å². The fourth-order valence-electron chi connectivity index (χ4n) is 3.07. The molecule has 14 heavy (non-hydrogen) atoms. The molecule has 0 amide bonds. The van der Waals surface area contributed by atoms with Crippen LogP contribution in [0.4, 0.5) is 0 Å². The topological polar surface area (TPSA) is 27.0 Å². The third kappa shape index (κ3) is 1.89. The summed E-state index contributed by atoms with van der Waals surface area (Å²) in [6.07, 6.45) is 5.21. The molecule has 78 valence electrons. The third-order valence-electron chi connectivity index (χ3n) is 3.63. The van der Waals surface area contributed by atoms with E-state index in [1.54, 1.807) is 0 Å². The minimum atomic E-state index is -0.327. The van der Waals surface area contributed by atoms with Crippen LogP contribution in [-0.4, -0.2) is 28.9 Å². The van der Waals surface area contributed by atoms with Gasteiger partial charge in [-0.2, -0.15) is 5.26 Å². The molecule has 0 radical (unpaired) electrons. The normalized spacial score (nSPS) is 39.4. The van der Waals surface area contributed by atoms with Gasteiger partial charge in [-0.25, -0.2) is 0 Å². The smallest absolute Gasteiger partial charge is 0.133 e. The maximum atomic E-state index is 8.70. The van der Waals surface area contributed by atoms with Gasteiger partial charge < -0.3 is 0 Å². The lowest BCUT2D eigenvalue weighted by atomic mass is 9.92. The molecule has 2 bridgehead atoms. The lowest BCUT2D eigenvalue weighted by Crippen LogP contribution is -2.44. The van der Waals surface area contributed by atoms with Crippen LogP contribution in [0.25, 0.3) is 0 Å². The molecule has 2 nitrogen and oxygen atoms in total. The molecular weight excluding hydrogens is 196 g/mol. The van der Waals surface area contributed by atoms with Crippen LogP contribution >= 0.6 is 11.6 Å². The van der Waals surface area contributed by atoms with Crippen LogP contribution in [0.3, 0.4) is 0 Å². The summed E-state index contributed by atoms with van der Waals surface area (Å²) in [4.78, 5) is 2.47. The molecular formula is C11H17ClN2. The van der Waals surface area contributed by atoms with Crippen LogP contribution in [0.1, 0.15) is 32.6 Å². The highest BCUT2D eigenvalue weighted by Gasteiger charge is 2.39. The molecule has 0 aromatic rings. The van der Waals surface area contributed by atoms with Crippen molar-refractivity contribution in [1.82, 2.24) is 4.90 Å². The van der Waals surface area contributed by atoms with Crippen LogP contribution in [-0.2, 0) is 0 Å². The van der Waals surface area contributed by atoms with Gasteiger partial charge >= 0.3 is 0 Å². The Kier molecular flexibility index (Phi) is 2.99. The summed E-state index contributed by atoms with van der Waals surface area (Å²) in [5.74, 6) is 0.861. The second-order valence-corrected chi connectivity index (χ2v) is 5.28. The van der Waals surface area contributed by atoms with Crippen LogP contribution < -0.4 is 0 Å². The summed E-state index contributed by atoms with van der Waals surface area (Å²) in [5.41, 5.74) is 0. The van der Waals surface area contributed by atoms with Gasteiger partial charge in [0.1, 0.15) is 5.38 Å². The Bertz CT molecular complexity index is 234. The van der Waals surface area contributed by atoms with E-state index in [-0.39, 0.29) is 5.38 Å². The van der Waals surface area contributed by atoms with Gasteiger partial charge in [0, 0.05) is 18.6 Å². The summed E-state index contributed by atoms with van der Waals surface area (Å²) in [6.45, 7) is 3.10. The first-order chi connectivity index (χ1) is 6.70. The second kappa shape index (κ2) is 4.08. The number of nitriles is 1. The first kappa shape index (κ1) is 10.3. The van der Waals surface area contributed by atoms with E-state index in [0.717, 1.165) is 12.5 Å². The van der Waals surface area contributed by atoms with Crippen molar-refractivity contribution in [1.29, 1.82) is 5.26 Å². The van der Waals surface area contributed by atoms with E-state index in [1.807, 2.05) is 0 Å². The van der Waals surface area contributed by atoms with Crippen molar-refractivity contribution in [3.63, 3.8) is 0 Å². The molecule has 2 saturated heterocycles. The first-order valence-electron chi connectivity index (χ1n) is 5.50. The quantitative estimate of drug-likeness (QED) is 0.658. The lowest BCUT2D eigenvalue weighted by Gasteiger charge is -2.38. The third-order valence-corrected chi connectivity index (χ3v) is 3.87. The average molecular weight is 213 g/mol. The van der Waals surface area contributed by atoms with E-state index >= 15 is 0 Å². The van der Waals surface area contributed by atoms with E-state index in [2.05, 4.69) is 17.9 Å². The lowest BCUT2D eigenvalue weighted by molar-refractivity contribution is 0.113. The van der Waals surface area contributed by atoms with Gasteiger partial charge in [-0.05, 0) is 31.6 Å². The van der Waals surface area contributed by atoms with Crippen LogP contribution in [0.15, 0.2) is 0 Å². The van der Waals surface area contributed by atoms with E-state index < -0.39 is 0 Å². The molecule has 3 heteroatoms. The van der Waals surface area contributed by atoms with Crippen LogP contribution in [0.2, 0.25) is 0 Å². The largest absolute Gasteiger partial charge is 0.295 e. The second-order valence-electron chi connectivity index (χ2n) is 4.76. The number of halogens is 1. The molecule has 0 aromatic carbocycles. The Morgan fingerprint density at radius 2 is 2.00 bits per heavy atom. The zero-order chi connectivity index (χ0) is 10.1. The predicted octanol–water partition coefficient (Wildman–Crippen LogP) is 2.38.